The summed E-state index contributed by atoms with van der Waals surface area (Å²) in [7, 11) is -3.75. The predicted octanol–water partition coefficient (Wildman–Crippen LogP) is 3.99. The van der Waals surface area contributed by atoms with Crippen LogP contribution in [0.3, 0.4) is 0 Å². The van der Waals surface area contributed by atoms with Gasteiger partial charge in [-0.2, -0.15) is 13.2 Å². The van der Waals surface area contributed by atoms with Crippen LogP contribution in [0.2, 0.25) is 0 Å². The molecule has 2 aromatic rings. The van der Waals surface area contributed by atoms with Crippen LogP contribution >= 0.6 is 0 Å². The standard InChI is InChI=1S/C21H22F3NO4S/c22-21(23,24)16-3-1-2-15(12-16)14-4-7-18(8-5-14)30(26,27)25-17-6-9-19-20(13-17)29-11-10-28-19/h1-5,7-8,12,17,19-20,25H,6,9-11,13H2/t17-,19+,20+/m1/s1. The number of sulfonamides is 1. The third-order valence-electron chi connectivity index (χ3n) is 5.49. The molecule has 0 amide bonds. The van der Waals surface area contributed by atoms with Crippen molar-refractivity contribution in [1.82, 2.24) is 4.72 Å². The summed E-state index contributed by atoms with van der Waals surface area (Å²) in [5.41, 5.74) is 0.130. The van der Waals surface area contributed by atoms with E-state index in [1.54, 1.807) is 6.07 Å². The molecule has 0 radical (unpaired) electrons. The smallest absolute Gasteiger partial charge is 0.373 e. The zero-order chi connectivity index (χ0) is 21.4. The molecule has 0 aromatic heterocycles. The maximum absolute atomic E-state index is 12.9. The number of halogens is 3. The highest BCUT2D eigenvalue weighted by molar-refractivity contribution is 7.89. The summed E-state index contributed by atoms with van der Waals surface area (Å²) in [5.74, 6) is 0. The highest BCUT2D eigenvalue weighted by Crippen LogP contribution is 2.32. The van der Waals surface area contributed by atoms with Crippen molar-refractivity contribution in [3.63, 3.8) is 0 Å². The molecule has 0 bridgehead atoms. The molecular formula is C21H22F3NO4S. The number of nitrogens with one attached hydrogen (secondary N) is 1. The van der Waals surface area contributed by atoms with Gasteiger partial charge in [-0.3, -0.25) is 0 Å². The molecule has 1 N–H and O–H groups in total. The van der Waals surface area contributed by atoms with E-state index in [1.165, 1.54) is 30.3 Å². The number of alkyl halides is 3. The highest BCUT2D eigenvalue weighted by Gasteiger charge is 2.36. The van der Waals surface area contributed by atoms with Crippen LogP contribution in [0.5, 0.6) is 0 Å². The topological polar surface area (TPSA) is 64.6 Å². The van der Waals surface area contributed by atoms with Crippen molar-refractivity contribution in [2.45, 2.75) is 48.6 Å². The maximum Gasteiger partial charge on any atom is 0.416 e. The maximum atomic E-state index is 12.9. The zero-order valence-corrected chi connectivity index (χ0v) is 16.9. The van der Waals surface area contributed by atoms with E-state index >= 15 is 0 Å². The lowest BCUT2D eigenvalue weighted by molar-refractivity contribution is -0.156. The first-order valence-corrected chi connectivity index (χ1v) is 11.2. The van der Waals surface area contributed by atoms with Crippen molar-refractivity contribution >= 4 is 10.0 Å². The summed E-state index contributed by atoms with van der Waals surface area (Å²) in [5, 5.41) is 0. The Morgan fingerprint density at radius 3 is 2.30 bits per heavy atom. The van der Waals surface area contributed by atoms with Crippen molar-refractivity contribution in [2.75, 3.05) is 13.2 Å². The van der Waals surface area contributed by atoms with E-state index < -0.39 is 21.8 Å². The van der Waals surface area contributed by atoms with Crippen LogP contribution in [-0.2, 0) is 25.7 Å². The molecule has 3 atom stereocenters. The molecule has 30 heavy (non-hydrogen) atoms. The molecule has 1 aliphatic carbocycles. The molecule has 0 unspecified atom stereocenters. The monoisotopic (exact) mass is 441 g/mol. The number of ether oxygens (including phenoxy) is 2. The Morgan fingerprint density at radius 1 is 0.900 bits per heavy atom. The number of rotatable bonds is 4. The van der Waals surface area contributed by atoms with Gasteiger partial charge in [-0.25, -0.2) is 13.1 Å². The van der Waals surface area contributed by atoms with E-state index in [-0.39, 0.29) is 23.1 Å². The largest absolute Gasteiger partial charge is 0.416 e. The van der Waals surface area contributed by atoms with E-state index in [0.717, 1.165) is 18.6 Å². The molecule has 2 aliphatic rings. The molecule has 0 spiro atoms. The van der Waals surface area contributed by atoms with E-state index in [0.29, 0.717) is 37.2 Å². The minimum Gasteiger partial charge on any atom is -0.373 e. The third-order valence-corrected chi connectivity index (χ3v) is 7.02. The first kappa shape index (κ1) is 21.3. The van der Waals surface area contributed by atoms with E-state index in [9.17, 15) is 21.6 Å². The van der Waals surface area contributed by atoms with Crippen molar-refractivity contribution in [3.05, 3.63) is 54.1 Å². The molecule has 9 heteroatoms. The van der Waals surface area contributed by atoms with Crippen LogP contribution in [0.4, 0.5) is 13.2 Å². The van der Waals surface area contributed by atoms with Gasteiger partial charge in [0.1, 0.15) is 0 Å². The van der Waals surface area contributed by atoms with Gasteiger partial charge in [-0.1, -0.05) is 24.3 Å². The molecule has 1 saturated carbocycles. The second kappa shape index (κ2) is 8.30. The van der Waals surface area contributed by atoms with E-state index in [1.807, 2.05) is 0 Å². The van der Waals surface area contributed by atoms with E-state index in [4.69, 9.17) is 9.47 Å². The minimum absolute atomic E-state index is 0.0197. The fourth-order valence-electron chi connectivity index (χ4n) is 3.96. The van der Waals surface area contributed by atoms with Crippen LogP contribution < -0.4 is 4.72 Å². The van der Waals surface area contributed by atoms with Gasteiger partial charge in [0.25, 0.3) is 0 Å². The average molecular weight is 441 g/mol. The summed E-state index contributed by atoms with van der Waals surface area (Å²) in [6.07, 6.45) is -2.59. The normalized spacial score (nSPS) is 25.0. The average Bonchev–Trinajstić information content (AvgIpc) is 2.73. The Kier molecular flexibility index (Phi) is 5.89. The van der Waals surface area contributed by atoms with Crippen LogP contribution in [0.25, 0.3) is 11.1 Å². The van der Waals surface area contributed by atoms with Gasteiger partial charge in [0.05, 0.1) is 35.9 Å². The van der Waals surface area contributed by atoms with Gasteiger partial charge in [0, 0.05) is 6.04 Å². The van der Waals surface area contributed by atoms with Crippen LogP contribution in [0, 0.1) is 0 Å². The lowest BCUT2D eigenvalue weighted by atomic mass is 9.90. The predicted molar refractivity (Wildman–Crippen MR) is 104 cm³/mol. The van der Waals surface area contributed by atoms with Gasteiger partial charge in [0.2, 0.25) is 10.0 Å². The number of hydrogen-bond donors (Lipinski definition) is 1. The molecule has 4 rings (SSSR count). The van der Waals surface area contributed by atoms with Crippen molar-refractivity contribution < 1.29 is 31.1 Å². The van der Waals surface area contributed by atoms with Crippen molar-refractivity contribution in [2.24, 2.45) is 0 Å². The summed E-state index contributed by atoms with van der Waals surface area (Å²) in [6.45, 7) is 1.08. The Bertz CT molecular complexity index is 992. The van der Waals surface area contributed by atoms with E-state index in [2.05, 4.69) is 4.72 Å². The number of benzene rings is 2. The fourth-order valence-corrected chi connectivity index (χ4v) is 5.25. The summed E-state index contributed by atoms with van der Waals surface area (Å²) in [4.78, 5) is 0.0705. The Morgan fingerprint density at radius 2 is 1.60 bits per heavy atom. The van der Waals surface area contributed by atoms with Crippen LogP contribution in [0.1, 0.15) is 24.8 Å². The minimum atomic E-state index is -4.44. The van der Waals surface area contributed by atoms with Gasteiger partial charge in [-0.15, -0.1) is 0 Å². The first-order valence-electron chi connectivity index (χ1n) is 9.76. The fraction of sp³-hybridized carbons (Fsp3) is 0.429. The summed E-state index contributed by atoms with van der Waals surface area (Å²) >= 11 is 0. The highest BCUT2D eigenvalue weighted by atomic mass is 32.2. The quantitative estimate of drug-likeness (QED) is 0.780. The summed E-state index contributed by atoms with van der Waals surface area (Å²) < 4.78 is 78.4. The lowest BCUT2D eigenvalue weighted by Gasteiger charge is -2.38. The summed E-state index contributed by atoms with van der Waals surface area (Å²) in [6, 6.07) is 10.5. The number of fused-ring (bicyclic) bond motifs is 1. The lowest BCUT2D eigenvalue weighted by Crippen LogP contribution is -2.49. The Hall–Kier alpha value is -1.94. The van der Waals surface area contributed by atoms with Gasteiger partial charge < -0.3 is 9.47 Å². The molecule has 162 valence electrons. The molecular weight excluding hydrogens is 419 g/mol. The molecule has 5 nitrogen and oxygen atoms in total. The molecule has 2 fully saturated rings. The van der Waals surface area contributed by atoms with Gasteiger partial charge in [0.15, 0.2) is 0 Å². The number of hydrogen-bond acceptors (Lipinski definition) is 4. The molecule has 1 saturated heterocycles. The van der Waals surface area contributed by atoms with Crippen LogP contribution in [-0.4, -0.2) is 39.9 Å². The zero-order valence-electron chi connectivity index (χ0n) is 16.1. The molecule has 1 heterocycles. The Balaban J connectivity index is 1.47. The van der Waals surface area contributed by atoms with Crippen molar-refractivity contribution in [3.8, 4) is 11.1 Å². The third kappa shape index (κ3) is 4.69. The SMILES string of the molecule is O=S(=O)(N[C@@H]1CC[C@@H]2OCCO[C@H]2C1)c1ccc(-c2cccc(C(F)(F)F)c2)cc1. The van der Waals surface area contributed by atoms with Crippen molar-refractivity contribution in [1.29, 1.82) is 0 Å². The first-order chi connectivity index (χ1) is 14.2. The second-order valence-electron chi connectivity index (χ2n) is 7.55. The van der Waals surface area contributed by atoms with Gasteiger partial charge >= 0.3 is 6.18 Å². The van der Waals surface area contributed by atoms with Gasteiger partial charge in [-0.05, 0) is 54.7 Å². The molecule has 2 aromatic carbocycles. The molecule has 1 aliphatic heterocycles. The second-order valence-corrected chi connectivity index (χ2v) is 9.27. The van der Waals surface area contributed by atoms with Crippen LogP contribution in [0.15, 0.2) is 53.4 Å². The Labute approximate surface area is 173 Å².